The number of para-hydroxylation sites is 1. The van der Waals surface area contributed by atoms with E-state index in [4.69, 9.17) is 4.74 Å². The molecule has 8 nitrogen and oxygen atoms in total. The van der Waals surface area contributed by atoms with E-state index < -0.39 is 11.4 Å². The molecule has 0 aromatic heterocycles. The second kappa shape index (κ2) is 10.3. The second-order valence-electron chi connectivity index (χ2n) is 10.7. The number of methoxy groups -OCH3 is 1. The van der Waals surface area contributed by atoms with Gasteiger partial charge < -0.3 is 19.4 Å². The van der Waals surface area contributed by atoms with Crippen LogP contribution in [0, 0.1) is 5.82 Å². The zero-order valence-corrected chi connectivity index (χ0v) is 22.2. The highest BCUT2D eigenvalue weighted by Crippen LogP contribution is 2.49. The number of carbonyl (C=O) groups is 3. The molecule has 1 spiro atoms. The van der Waals surface area contributed by atoms with Crippen molar-refractivity contribution in [3.8, 4) is 5.75 Å². The van der Waals surface area contributed by atoms with Gasteiger partial charge in [0, 0.05) is 68.8 Å². The summed E-state index contributed by atoms with van der Waals surface area (Å²) in [5.41, 5.74) is 0.540. The third-order valence-corrected chi connectivity index (χ3v) is 8.17. The van der Waals surface area contributed by atoms with Gasteiger partial charge in [0.1, 0.15) is 11.6 Å². The molecule has 0 saturated carbocycles. The van der Waals surface area contributed by atoms with Crippen LogP contribution in [0.4, 0.5) is 14.9 Å². The number of amides is 4. The number of urea groups is 1. The van der Waals surface area contributed by atoms with Gasteiger partial charge in [0.15, 0.2) is 0 Å². The van der Waals surface area contributed by atoms with Crippen LogP contribution in [0.5, 0.6) is 5.75 Å². The predicted octanol–water partition coefficient (Wildman–Crippen LogP) is 3.86. The Balaban J connectivity index is 1.56. The molecule has 0 aliphatic carbocycles. The van der Waals surface area contributed by atoms with Crippen molar-refractivity contribution in [2.24, 2.45) is 0 Å². The van der Waals surface area contributed by atoms with Crippen molar-refractivity contribution in [2.45, 2.75) is 50.6 Å². The maximum Gasteiger partial charge on any atom is 0.325 e. The quantitative estimate of drug-likeness (QED) is 0.554. The Morgan fingerprint density at radius 1 is 1.13 bits per heavy atom. The van der Waals surface area contributed by atoms with Crippen molar-refractivity contribution >= 4 is 23.5 Å². The molecule has 0 N–H and O–H groups in total. The van der Waals surface area contributed by atoms with Gasteiger partial charge in [-0.25, -0.2) is 9.18 Å². The molecule has 2 aromatic carbocycles. The zero-order valence-electron chi connectivity index (χ0n) is 22.2. The summed E-state index contributed by atoms with van der Waals surface area (Å²) in [6.45, 7) is 6.08. The first-order valence-corrected chi connectivity index (χ1v) is 13.3. The van der Waals surface area contributed by atoms with E-state index in [0.29, 0.717) is 50.6 Å². The lowest BCUT2D eigenvalue weighted by atomic mass is 9.80. The topological polar surface area (TPSA) is 73.4 Å². The summed E-state index contributed by atoms with van der Waals surface area (Å²) in [6.07, 6.45) is 1.58. The van der Waals surface area contributed by atoms with Crippen molar-refractivity contribution < 1.29 is 23.5 Å². The summed E-state index contributed by atoms with van der Waals surface area (Å²) in [5, 5.41) is 0. The summed E-state index contributed by atoms with van der Waals surface area (Å²) in [5.74, 6) is 0.0175. The van der Waals surface area contributed by atoms with E-state index in [1.54, 1.807) is 38.8 Å². The van der Waals surface area contributed by atoms with Crippen molar-refractivity contribution in [3.05, 3.63) is 59.9 Å². The maximum absolute atomic E-state index is 14.4. The Bertz CT molecular complexity index is 1240. The molecular formula is C29H35FN4O4. The van der Waals surface area contributed by atoms with Crippen molar-refractivity contribution in [1.82, 2.24) is 14.7 Å². The van der Waals surface area contributed by atoms with E-state index in [-0.39, 0.29) is 36.2 Å². The van der Waals surface area contributed by atoms with Gasteiger partial charge in [0.25, 0.3) is 0 Å². The summed E-state index contributed by atoms with van der Waals surface area (Å²) in [6, 6.07) is 13.5. The van der Waals surface area contributed by atoms with E-state index in [1.165, 1.54) is 12.1 Å². The average Bonchev–Trinajstić information content (AvgIpc) is 3.57. The lowest BCUT2D eigenvalue weighted by molar-refractivity contribution is -0.132. The molecule has 0 radical (unpaired) electrons. The highest BCUT2D eigenvalue weighted by Gasteiger charge is 2.61. The van der Waals surface area contributed by atoms with E-state index in [9.17, 15) is 18.8 Å². The number of anilines is 1. The molecule has 2 aromatic rings. The highest BCUT2D eigenvalue weighted by molar-refractivity contribution is 5.97. The minimum atomic E-state index is -0.830. The van der Waals surface area contributed by atoms with Crippen LogP contribution in [0.3, 0.4) is 0 Å². The first kappa shape index (κ1) is 26.0. The second-order valence-corrected chi connectivity index (χ2v) is 10.7. The van der Waals surface area contributed by atoms with Crippen LogP contribution in [0.15, 0.2) is 48.5 Å². The molecule has 202 valence electrons. The normalized spacial score (nSPS) is 23.4. The van der Waals surface area contributed by atoms with Crippen LogP contribution in [-0.2, 0) is 9.59 Å². The number of hydrogen-bond acceptors (Lipinski definition) is 4. The fraction of sp³-hybridized carbons (Fsp3) is 0.483. The molecule has 0 bridgehead atoms. The number of hydrogen-bond donors (Lipinski definition) is 0. The fourth-order valence-electron chi connectivity index (χ4n) is 6.28. The summed E-state index contributed by atoms with van der Waals surface area (Å²) < 4.78 is 20.2. The summed E-state index contributed by atoms with van der Waals surface area (Å²) in [4.78, 5) is 46.6. The molecule has 3 saturated heterocycles. The van der Waals surface area contributed by atoms with Crippen LogP contribution in [0.25, 0.3) is 0 Å². The fourth-order valence-corrected chi connectivity index (χ4v) is 6.28. The number of rotatable bonds is 7. The molecule has 1 unspecified atom stereocenters. The maximum atomic E-state index is 14.4. The monoisotopic (exact) mass is 522 g/mol. The van der Waals surface area contributed by atoms with Gasteiger partial charge in [-0.1, -0.05) is 24.3 Å². The van der Waals surface area contributed by atoms with Crippen LogP contribution in [-0.4, -0.2) is 84.0 Å². The van der Waals surface area contributed by atoms with E-state index >= 15 is 0 Å². The van der Waals surface area contributed by atoms with Crippen molar-refractivity contribution in [3.63, 3.8) is 0 Å². The van der Waals surface area contributed by atoms with Gasteiger partial charge in [-0.05, 0) is 44.5 Å². The van der Waals surface area contributed by atoms with E-state index in [0.717, 1.165) is 12.0 Å². The van der Waals surface area contributed by atoms with Gasteiger partial charge >= 0.3 is 6.03 Å². The minimum absolute atomic E-state index is 0.0592. The molecule has 3 aliphatic heterocycles. The number of ether oxygens (including phenoxy) is 1. The first-order chi connectivity index (χ1) is 18.2. The Labute approximate surface area is 222 Å². The molecule has 2 atom stereocenters. The standard InChI is InChI=1S/C29H35FN4O4/c1-20(2)33-19-29(34(28(33)37)22-9-6-8-21(30)16-22)18-32(27(36)13-15-31-14-7-12-26(31)35)17-24(29)23-10-4-5-11-25(23)38-3/h4-6,8-11,16,20,24H,7,12-15,17-19H2,1-3H3/t24?,29-/m1/s1. The number of carbonyl (C=O) groups excluding carboxylic acids is 3. The molecular weight excluding hydrogens is 487 g/mol. The Kier molecular flexibility index (Phi) is 7.03. The Morgan fingerprint density at radius 3 is 2.61 bits per heavy atom. The lowest BCUT2D eigenvalue weighted by Gasteiger charge is -2.38. The van der Waals surface area contributed by atoms with Crippen molar-refractivity contribution in [2.75, 3.05) is 44.7 Å². The molecule has 9 heteroatoms. The molecule has 4 amide bonds. The van der Waals surface area contributed by atoms with Gasteiger partial charge in [0.2, 0.25) is 11.8 Å². The van der Waals surface area contributed by atoms with Gasteiger partial charge in [-0.15, -0.1) is 0 Å². The molecule has 38 heavy (non-hydrogen) atoms. The van der Waals surface area contributed by atoms with E-state index in [2.05, 4.69) is 0 Å². The van der Waals surface area contributed by atoms with Crippen LogP contribution in [0.2, 0.25) is 0 Å². The SMILES string of the molecule is COc1ccccc1C1CN(C(=O)CCN2CCCC2=O)C[C@@]12CN(C(C)C)C(=O)N2c1cccc(F)c1. The Hall–Kier alpha value is -3.62. The van der Waals surface area contributed by atoms with Crippen LogP contribution >= 0.6 is 0 Å². The number of nitrogens with zero attached hydrogens (tertiary/aromatic N) is 4. The average molecular weight is 523 g/mol. The highest BCUT2D eigenvalue weighted by atomic mass is 19.1. The third kappa shape index (κ3) is 4.48. The lowest BCUT2D eigenvalue weighted by Crippen LogP contribution is -2.53. The van der Waals surface area contributed by atoms with Gasteiger partial charge in [0.05, 0.1) is 12.6 Å². The van der Waals surface area contributed by atoms with Crippen LogP contribution in [0.1, 0.15) is 44.6 Å². The summed E-state index contributed by atoms with van der Waals surface area (Å²) in [7, 11) is 1.61. The molecule has 3 heterocycles. The number of halogens is 1. The zero-order chi connectivity index (χ0) is 27.0. The largest absolute Gasteiger partial charge is 0.496 e. The number of likely N-dealkylation sites (tertiary alicyclic amines) is 2. The van der Waals surface area contributed by atoms with Gasteiger partial charge in [-0.3, -0.25) is 14.5 Å². The predicted molar refractivity (Wildman–Crippen MR) is 142 cm³/mol. The first-order valence-electron chi connectivity index (χ1n) is 13.3. The number of benzene rings is 2. The minimum Gasteiger partial charge on any atom is -0.496 e. The molecule has 3 aliphatic rings. The Morgan fingerprint density at radius 2 is 1.92 bits per heavy atom. The van der Waals surface area contributed by atoms with E-state index in [1.807, 2.05) is 38.1 Å². The smallest absolute Gasteiger partial charge is 0.325 e. The summed E-state index contributed by atoms with van der Waals surface area (Å²) >= 11 is 0. The van der Waals surface area contributed by atoms with Crippen LogP contribution < -0.4 is 9.64 Å². The third-order valence-electron chi connectivity index (χ3n) is 8.17. The molecule has 5 rings (SSSR count). The van der Waals surface area contributed by atoms with Crippen molar-refractivity contribution in [1.29, 1.82) is 0 Å². The van der Waals surface area contributed by atoms with Gasteiger partial charge in [-0.2, -0.15) is 0 Å². The molecule has 3 fully saturated rings.